The number of anilines is 1. The lowest BCUT2D eigenvalue weighted by molar-refractivity contribution is 0.512. The maximum absolute atomic E-state index is 6.36. The molecular formula is C16H20ClN3. The van der Waals surface area contributed by atoms with Crippen LogP contribution in [0.4, 0.5) is 5.82 Å². The van der Waals surface area contributed by atoms with Crippen molar-refractivity contribution in [3.8, 4) is 11.3 Å². The van der Waals surface area contributed by atoms with Gasteiger partial charge in [0.25, 0.3) is 0 Å². The largest absolute Gasteiger partial charge is 0.383 e. The van der Waals surface area contributed by atoms with Crippen LogP contribution in [0.15, 0.2) is 24.3 Å². The van der Waals surface area contributed by atoms with Crippen LogP contribution in [0.25, 0.3) is 11.3 Å². The van der Waals surface area contributed by atoms with E-state index in [1.165, 1.54) is 12.8 Å². The molecule has 0 atom stereocenters. The van der Waals surface area contributed by atoms with Crippen LogP contribution in [0.5, 0.6) is 0 Å². The van der Waals surface area contributed by atoms with Gasteiger partial charge in [0.15, 0.2) is 0 Å². The SMILES string of the molecule is CC(C)Cn1c(C2CC2)nc(-c2ccc(Cl)cc2)c1N. The number of nitrogens with two attached hydrogens (primary N) is 1. The van der Waals surface area contributed by atoms with E-state index in [4.69, 9.17) is 22.3 Å². The van der Waals surface area contributed by atoms with Gasteiger partial charge >= 0.3 is 0 Å². The second kappa shape index (κ2) is 5.13. The number of rotatable bonds is 4. The summed E-state index contributed by atoms with van der Waals surface area (Å²) in [5.74, 6) is 3.09. The van der Waals surface area contributed by atoms with E-state index in [0.717, 1.165) is 34.5 Å². The molecule has 0 bridgehead atoms. The van der Waals surface area contributed by atoms with Crippen LogP contribution in [-0.4, -0.2) is 9.55 Å². The zero-order valence-electron chi connectivity index (χ0n) is 11.9. The summed E-state index contributed by atoms with van der Waals surface area (Å²) < 4.78 is 2.20. The van der Waals surface area contributed by atoms with Crippen LogP contribution in [0.2, 0.25) is 5.02 Å². The highest BCUT2D eigenvalue weighted by Crippen LogP contribution is 2.42. The van der Waals surface area contributed by atoms with Gasteiger partial charge in [-0.2, -0.15) is 0 Å². The van der Waals surface area contributed by atoms with Gasteiger partial charge in [-0.25, -0.2) is 4.98 Å². The fraction of sp³-hybridized carbons (Fsp3) is 0.438. The van der Waals surface area contributed by atoms with E-state index >= 15 is 0 Å². The topological polar surface area (TPSA) is 43.8 Å². The third-order valence-electron chi connectivity index (χ3n) is 3.64. The van der Waals surface area contributed by atoms with E-state index in [-0.39, 0.29) is 0 Å². The van der Waals surface area contributed by atoms with Crippen molar-refractivity contribution in [3.63, 3.8) is 0 Å². The first kappa shape index (κ1) is 13.5. The molecule has 1 aliphatic carbocycles. The van der Waals surface area contributed by atoms with Crippen LogP contribution in [0.3, 0.4) is 0 Å². The van der Waals surface area contributed by atoms with Gasteiger partial charge < -0.3 is 10.3 Å². The molecule has 1 saturated carbocycles. The monoisotopic (exact) mass is 289 g/mol. The van der Waals surface area contributed by atoms with Gasteiger partial charge in [-0.15, -0.1) is 0 Å². The van der Waals surface area contributed by atoms with Gasteiger partial charge in [-0.1, -0.05) is 37.6 Å². The molecule has 106 valence electrons. The Hall–Kier alpha value is -1.48. The van der Waals surface area contributed by atoms with E-state index in [2.05, 4.69) is 18.4 Å². The number of imidazole rings is 1. The maximum atomic E-state index is 6.36. The lowest BCUT2D eigenvalue weighted by Crippen LogP contribution is -2.10. The number of benzene rings is 1. The Morgan fingerprint density at radius 1 is 1.30 bits per heavy atom. The third kappa shape index (κ3) is 2.55. The van der Waals surface area contributed by atoms with Gasteiger partial charge in [0, 0.05) is 23.0 Å². The summed E-state index contributed by atoms with van der Waals surface area (Å²) in [6, 6.07) is 7.73. The smallest absolute Gasteiger partial charge is 0.131 e. The number of nitrogens with zero attached hydrogens (tertiary/aromatic N) is 2. The van der Waals surface area contributed by atoms with Crippen molar-refractivity contribution in [2.45, 2.75) is 39.2 Å². The molecule has 20 heavy (non-hydrogen) atoms. The first-order chi connectivity index (χ1) is 9.56. The predicted octanol–water partition coefficient (Wildman–Crippen LogP) is 4.32. The molecule has 0 unspecified atom stereocenters. The predicted molar refractivity (Wildman–Crippen MR) is 83.9 cm³/mol. The first-order valence-corrected chi connectivity index (χ1v) is 7.56. The highest BCUT2D eigenvalue weighted by Gasteiger charge is 2.31. The van der Waals surface area contributed by atoms with E-state index in [9.17, 15) is 0 Å². The average molecular weight is 290 g/mol. The zero-order valence-corrected chi connectivity index (χ0v) is 12.7. The highest BCUT2D eigenvalue weighted by molar-refractivity contribution is 6.30. The van der Waals surface area contributed by atoms with Gasteiger partial charge in [0.2, 0.25) is 0 Å². The molecular weight excluding hydrogens is 270 g/mol. The Morgan fingerprint density at radius 2 is 1.95 bits per heavy atom. The fourth-order valence-corrected chi connectivity index (χ4v) is 2.64. The number of hydrogen-bond acceptors (Lipinski definition) is 2. The quantitative estimate of drug-likeness (QED) is 0.911. The number of hydrogen-bond donors (Lipinski definition) is 1. The van der Waals surface area contributed by atoms with Crippen LogP contribution >= 0.6 is 11.6 Å². The number of aromatic nitrogens is 2. The molecule has 0 radical (unpaired) electrons. The van der Waals surface area contributed by atoms with Crippen molar-refractivity contribution < 1.29 is 0 Å². The molecule has 0 saturated heterocycles. The lowest BCUT2D eigenvalue weighted by Gasteiger charge is -2.11. The van der Waals surface area contributed by atoms with Crippen molar-refractivity contribution in [1.82, 2.24) is 9.55 Å². The molecule has 2 aromatic rings. The summed E-state index contributed by atoms with van der Waals surface area (Å²) in [6.07, 6.45) is 2.46. The van der Waals surface area contributed by atoms with Crippen molar-refractivity contribution in [1.29, 1.82) is 0 Å². The Morgan fingerprint density at radius 3 is 2.50 bits per heavy atom. The normalized spacial score (nSPS) is 15.0. The molecule has 3 rings (SSSR count). The van der Waals surface area contributed by atoms with E-state index in [1.54, 1.807) is 0 Å². The van der Waals surface area contributed by atoms with Gasteiger partial charge in [0.1, 0.15) is 17.3 Å². The molecule has 1 aromatic carbocycles. The van der Waals surface area contributed by atoms with Crippen LogP contribution in [0, 0.1) is 5.92 Å². The summed E-state index contributed by atoms with van der Waals surface area (Å²) in [5.41, 5.74) is 8.29. The zero-order chi connectivity index (χ0) is 14.3. The maximum Gasteiger partial charge on any atom is 0.131 e. The Balaban J connectivity index is 2.05. The van der Waals surface area contributed by atoms with Crippen molar-refractivity contribution in [2.75, 3.05) is 5.73 Å². The van der Waals surface area contributed by atoms with Crippen LogP contribution < -0.4 is 5.73 Å². The highest BCUT2D eigenvalue weighted by atomic mass is 35.5. The molecule has 1 aromatic heterocycles. The molecule has 3 nitrogen and oxygen atoms in total. The average Bonchev–Trinajstić information content (AvgIpc) is 3.19. The molecule has 0 amide bonds. The van der Waals surface area contributed by atoms with Gasteiger partial charge in [-0.3, -0.25) is 0 Å². The summed E-state index contributed by atoms with van der Waals surface area (Å²) >= 11 is 5.95. The minimum Gasteiger partial charge on any atom is -0.383 e. The van der Waals surface area contributed by atoms with E-state index in [0.29, 0.717) is 11.8 Å². The van der Waals surface area contributed by atoms with Crippen LogP contribution in [0.1, 0.15) is 38.4 Å². The van der Waals surface area contributed by atoms with Crippen LogP contribution in [-0.2, 0) is 6.54 Å². The summed E-state index contributed by atoms with van der Waals surface area (Å²) in [6.45, 7) is 5.34. The summed E-state index contributed by atoms with van der Waals surface area (Å²) in [4.78, 5) is 4.82. The first-order valence-electron chi connectivity index (χ1n) is 7.18. The number of nitrogen functional groups attached to an aromatic ring is 1. The van der Waals surface area contributed by atoms with E-state index in [1.807, 2.05) is 24.3 Å². The molecule has 0 spiro atoms. The summed E-state index contributed by atoms with van der Waals surface area (Å²) in [5, 5.41) is 0.733. The minimum atomic E-state index is 0.557. The standard InChI is InChI=1S/C16H20ClN3/c1-10(2)9-20-15(18)14(19-16(20)12-3-4-12)11-5-7-13(17)8-6-11/h5-8,10,12H,3-4,9,18H2,1-2H3. The third-order valence-corrected chi connectivity index (χ3v) is 3.90. The molecule has 4 heteroatoms. The van der Waals surface area contributed by atoms with Gasteiger partial charge in [0.05, 0.1) is 0 Å². The molecule has 1 heterocycles. The number of halogens is 1. The van der Waals surface area contributed by atoms with Crippen molar-refractivity contribution in [2.24, 2.45) is 5.92 Å². The Labute approximate surface area is 124 Å². The molecule has 2 N–H and O–H groups in total. The van der Waals surface area contributed by atoms with Gasteiger partial charge in [-0.05, 0) is 30.9 Å². The molecule has 1 aliphatic rings. The fourth-order valence-electron chi connectivity index (χ4n) is 2.51. The van der Waals surface area contributed by atoms with E-state index < -0.39 is 0 Å². The molecule has 1 fully saturated rings. The molecule has 0 aliphatic heterocycles. The lowest BCUT2D eigenvalue weighted by atomic mass is 10.1. The summed E-state index contributed by atoms with van der Waals surface area (Å²) in [7, 11) is 0. The minimum absolute atomic E-state index is 0.557. The second-order valence-electron chi connectivity index (χ2n) is 5.99. The second-order valence-corrected chi connectivity index (χ2v) is 6.43. The Kier molecular flexibility index (Phi) is 3.47. The van der Waals surface area contributed by atoms with Crippen molar-refractivity contribution in [3.05, 3.63) is 35.1 Å². The Bertz CT molecular complexity index is 609. The van der Waals surface area contributed by atoms with Crippen molar-refractivity contribution >= 4 is 17.4 Å².